The highest BCUT2D eigenvalue weighted by Crippen LogP contribution is 2.38. The fraction of sp³-hybridized carbons (Fsp3) is 0.789. The van der Waals surface area contributed by atoms with Gasteiger partial charge in [0.25, 0.3) is 0 Å². The Balaban J connectivity index is 2.27. The van der Waals surface area contributed by atoms with Gasteiger partial charge in [-0.15, -0.1) is 0 Å². The SMILES string of the molecule is C[C@H]1CCC/C=C/[C@@H]2C[C@H](O)C[C@H]2[C@H](O)[C@@H](S(=O)C[C@@H](N)C(=O)O)CC(=O)O1. The predicted molar refractivity (Wildman–Crippen MR) is 104 cm³/mol. The summed E-state index contributed by atoms with van der Waals surface area (Å²) in [6.07, 6.45) is 4.86. The molecule has 1 fully saturated rings. The molecule has 28 heavy (non-hydrogen) atoms. The van der Waals surface area contributed by atoms with E-state index >= 15 is 0 Å². The molecule has 9 heteroatoms. The minimum absolute atomic E-state index is 0.0909. The molecule has 0 saturated heterocycles. The number of aliphatic hydroxyl groups excluding tert-OH is 2. The molecule has 160 valence electrons. The zero-order valence-corrected chi connectivity index (χ0v) is 16.9. The van der Waals surface area contributed by atoms with Gasteiger partial charge in [-0.1, -0.05) is 12.2 Å². The van der Waals surface area contributed by atoms with E-state index in [1.165, 1.54) is 0 Å². The highest BCUT2D eigenvalue weighted by molar-refractivity contribution is 7.85. The van der Waals surface area contributed by atoms with Crippen LogP contribution in [0.5, 0.6) is 0 Å². The van der Waals surface area contributed by atoms with Crippen LogP contribution in [0.4, 0.5) is 0 Å². The van der Waals surface area contributed by atoms with Gasteiger partial charge in [-0.25, -0.2) is 0 Å². The summed E-state index contributed by atoms with van der Waals surface area (Å²) in [6, 6.07) is -1.35. The van der Waals surface area contributed by atoms with E-state index in [-0.39, 0.29) is 30.1 Å². The van der Waals surface area contributed by atoms with Crippen LogP contribution >= 0.6 is 0 Å². The van der Waals surface area contributed by atoms with Crippen LogP contribution in [0.15, 0.2) is 12.2 Å². The van der Waals surface area contributed by atoms with Crippen LogP contribution in [-0.2, 0) is 25.1 Å². The topological polar surface area (TPSA) is 147 Å². The molecule has 5 N–H and O–H groups in total. The summed E-state index contributed by atoms with van der Waals surface area (Å²) in [5, 5.41) is 29.1. The fourth-order valence-electron chi connectivity index (χ4n) is 3.99. The van der Waals surface area contributed by atoms with Crippen LogP contribution in [-0.4, -0.2) is 66.8 Å². The monoisotopic (exact) mass is 417 g/mol. The van der Waals surface area contributed by atoms with E-state index in [1.54, 1.807) is 6.92 Å². The normalized spacial score (nSPS) is 38.1. The second-order valence-electron chi connectivity index (χ2n) is 7.84. The van der Waals surface area contributed by atoms with E-state index in [0.717, 1.165) is 12.8 Å². The molecular weight excluding hydrogens is 386 g/mol. The Morgan fingerprint density at radius 3 is 2.79 bits per heavy atom. The number of fused-ring (bicyclic) bond motifs is 1. The van der Waals surface area contributed by atoms with E-state index < -0.39 is 46.2 Å². The molecular formula is C19H31NO7S. The van der Waals surface area contributed by atoms with Crippen molar-refractivity contribution in [1.82, 2.24) is 0 Å². The van der Waals surface area contributed by atoms with Gasteiger partial charge in [0.05, 0.1) is 30.0 Å². The van der Waals surface area contributed by atoms with Gasteiger partial charge >= 0.3 is 11.9 Å². The first-order valence-electron chi connectivity index (χ1n) is 9.76. The van der Waals surface area contributed by atoms with Crippen molar-refractivity contribution in [3.05, 3.63) is 12.2 Å². The summed E-state index contributed by atoms with van der Waals surface area (Å²) in [4.78, 5) is 23.4. The number of ether oxygens (including phenoxy) is 1. The van der Waals surface area contributed by atoms with E-state index in [4.69, 9.17) is 15.6 Å². The Bertz CT molecular complexity index is 611. The maximum absolute atomic E-state index is 12.8. The lowest BCUT2D eigenvalue weighted by Gasteiger charge is -2.29. The number of aliphatic hydroxyl groups is 2. The van der Waals surface area contributed by atoms with Crippen LogP contribution in [0.3, 0.4) is 0 Å². The van der Waals surface area contributed by atoms with Crippen molar-refractivity contribution in [2.75, 3.05) is 5.75 Å². The summed E-state index contributed by atoms with van der Waals surface area (Å²) in [6.45, 7) is 1.79. The molecule has 0 spiro atoms. The number of esters is 1. The summed E-state index contributed by atoms with van der Waals surface area (Å²) in [5.41, 5.74) is 5.51. The average Bonchev–Trinajstić information content (AvgIpc) is 2.98. The van der Waals surface area contributed by atoms with Gasteiger partial charge < -0.3 is 25.8 Å². The van der Waals surface area contributed by atoms with Crippen molar-refractivity contribution in [2.24, 2.45) is 17.6 Å². The Hall–Kier alpha value is -1.29. The quantitative estimate of drug-likeness (QED) is 0.378. The zero-order valence-electron chi connectivity index (χ0n) is 16.1. The minimum Gasteiger partial charge on any atom is -0.480 e. The number of hydrogen-bond acceptors (Lipinski definition) is 7. The number of hydrogen-bond donors (Lipinski definition) is 4. The summed E-state index contributed by atoms with van der Waals surface area (Å²) in [5.74, 6) is -2.69. The first-order valence-corrected chi connectivity index (χ1v) is 11.1. The maximum atomic E-state index is 12.8. The van der Waals surface area contributed by atoms with Gasteiger partial charge in [-0.05, 0) is 50.9 Å². The van der Waals surface area contributed by atoms with E-state index in [9.17, 15) is 24.0 Å². The van der Waals surface area contributed by atoms with Crippen LogP contribution < -0.4 is 5.73 Å². The molecule has 1 unspecified atom stereocenters. The van der Waals surface area contributed by atoms with Crippen molar-refractivity contribution in [2.45, 2.75) is 75.1 Å². The standard InChI is InChI=1S/C19H31NO7S/c1-11-5-3-2-4-6-12-7-13(21)8-14(12)18(23)16(9-17(22)27-11)28(26)10-15(20)19(24)25/h4,6,11-16,18,21,23H,2-3,5,7-10,20H2,1H3,(H,24,25)/b6-4+/t11-,12+,13-,14+,15+,16-,18-,28?/m0/s1. The first kappa shape index (κ1) is 23.0. The Labute approximate surface area is 167 Å². The molecule has 0 radical (unpaired) electrons. The summed E-state index contributed by atoms with van der Waals surface area (Å²) in [7, 11) is -1.85. The lowest BCUT2D eigenvalue weighted by atomic mass is 9.87. The van der Waals surface area contributed by atoms with E-state index in [0.29, 0.717) is 19.3 Å². The number of aliphatic carboxylic acids is 1. The minimum atomic E-state index is -1.85. The van der Waals surface area contributed by atoms with E-state index in [1.807, 2.05) is 12.2 Å². The third-order valence-electron chi connectivity index (χ3n) is 5.52. The van der Waals surface area contributed by atoms with Crippen molar-refractivity contribution in [3.8, 4) is 0 Å². The Morgan fingerprint density at radius 2 is 2.11 bits per heavy atom. The molecule has 0 aromatic carbocycles. The number of nitrogens with two attached hydrogens (primary N) is 1. The summed E-state index contributed by atoms with van der Waals surface area (Å²) >= 11 is 0. The van der Waals surface area contributed by atoms with Gasteiger partial charge in [0, 0.05) is 16.6 Å². The number of cyclic esters (lactones) is 1. The van der Waals surface area contributed by atoms with Crippen LogP contribution in [0.25, 0.3) is 0 Å². The van der Waals surface area contributed by atoms with Crippen molar-refractivity contribution in [3.63, 3.8) is 0 Å². The number of allylic oxidation sites excluding steroid dienone is 2. The van der Waals surface area contributed by atoms with Crippen LogP contribution in [0, 0.1) is 11.8 Å². The van der Waals surface area contributed by atoms with Crippen molar-refractivity contribution >= 4 is 22.7 Å². The average molecular weight is 418 g/mol. The lowest BCUT2D eigenvalue weighted by molar-refractivity contribution is -0.149. The molecule has 0 aromatic heterocycles. The number of carboxylic acids is 1. The zero-order chi connectivity index (χ0) is 20.8. The highest BCUT2D eigenvalue weighted by atomic mass is 32.2. The molecule has 2 rings (SSSR count). The third kappa shape index (κ3) is 6.37. The fourth-order valence-corrected chi connectivity index (χ4v) is 5.57. The molecule has 8 atom stereocenters. The molecule has 8 nitrogen and oxygen atoms in total. The first-order chi connectivity index (χ1) is 13.2. The summed E-state index contributed by atoms with van der Waals surface area (Å²) < 4.78 is 18.2. The third-order valence-corrected chi connectivity index (χ3v) is 7.33. The van der Waals surface area contributed by atoms with Crippen LogP contribution in [0.1, 0.15) is 45.4 Å². The second-order valence-corrected chi connectivity index (χ2v) is 9.54. The largest absolute Gasteiger partial charge is 0.480 e. The molecule has 0 bridgehead atoms. The number of carbonyl (C=O) groups excluding carboxylic acids is 1. The lowest BCUT2D eigenvalue weighted by Crippen LogP contribution is -2.45. The van der Waals surface area contributed by atoms with Crippen LogP contribution in [0.2, 0.25) is 0 Å². The van der Waals surface area contributed by atoms with E-state index in [2.05, 4.69) is 0 Å². The number of rotatable bonds is 4. The molecule has 2 aliphatic rings. The molecule has 0 aromatic rings. The molecule has 1 heterocycles. The van der Waals surface area contributed by atoms with Gasteiger partial charge in [-0.3, -0.25) is 13.8 Å². The predicted octanol–water partition coefficient (Wildman–Crippen LogP) is 0.326. The highest BCUT2D eigenvalue weighted by Gasteiger charge is 2.42. The van der Waals surface area contributed by atoms with Crippen molar-refractivity contribution in [1.29, 1.82) is 0 Å². The number of carboxylic acid groups (broad SMARTS) is 1. The van der Waals surface area contributed by atoms with Gasteiger partial charge in [0.1, 0.15) is 6.04 Å². The molecule has 1 saturated carbocycles. The molecule has 1 aliphatic carbocycles. The van der Waals surface area contributed by atoms with Crippen molar-refractivity contribution < 1.29 is 33.9 Å². The smallest absolute Gasteiger partial charge is 0.321 e. The molecule has 0 amide bonds. The second kappa shape index (κ2) is 10.5. The van der Waals surface area contributed by atoms with Gasteiger partial charge in [0.15, 0.2) is 0 Å². The van der Waals surface area contributed by atoms with Gasteiger partial charge in [0.2, 0.25) is 0 Å². The van der Waals surface area contributed by atoms with Gasteiger partial charge in [-0.2, -0.15) is 0 Å². The molecule has 1 aliphatic heterocycles. The number of carbonyl (C=O) groups is 2. The Morgan fingerprint density at radius 1 is 1.39 bits per heavy atom. The maximum Gasteiger partial charge on any atom is 0.321 e. The Kier molecular flexibility index (Phi) is 8.60.